The van der Waals surface area contributed by atoms with Gasteiger partial charge in [-0.3, -0.25) is 9.59 Å². The number of carbonyl (C=O) groups excluding carboxylic acids is 1. The first-order chi connectivity index (χ1) is 9.74. The van der Waals surface area contributed by atoms with Crippen molar-refractivity contribution in [1.82, 2.24) is 10.3 Å². The van der Waals surface area contributed by atoms with Crippen molar-refractivity contribution in [1.29, 1.82) is 0 Å². The van der Waals surface area contributed by atoms with Gasteiger partial charge in [-0.05, 0) is 6.42 Å². The summed E-state index contributed by atoms with van der Waals surface area (Å²) in [5, 5.41) is 12.1. The van der Waals surface area contributed by atoms with Crippen LogP contribution in [0.15, 0.2) is 5.38 Å². The molecule has 0 saturated heterocycles. The average Bonchev–Trinajstić information content (AvgIpc) is 2.84. The van der Waals surface area contributed by atoms with Crippen LogP contribution in [0.4, 0.5) is 13.2 Å². The smallest absolute Gasteiger partial charge is 0.434 e. The minimum Gasteiger partial charge on any atom is -0.481 e. The number of carboxylic acids is 1. The fraction of sp³-hybridized carbons (Fsp3) is 0.545. The van der Waals surface area contributed by atoms with Gasteiger partial charge in [0.25, 0.3) is 0 Å². The number of rotatable bonds is 7. The highest BCUT2D eigenvalue weighted by Crippen LogP contribution is 2.32. The number of alkyl halides is 3. The highest BCUT2D eigenvalue weighted by molar-refractivity contribution is 8.00. The third-order valence-corrected chi connectivity index (χ3v) is 4.19. The maximum atomic E-state index is 12.5. The molecule has 0 bridgehead atoms. The molecular formula is C11H13F3N2O3S2. The molecule has 0 aliphatic carbocycles. The lowest BCUT2D eigenvalue weighted by atomic mass is 10.2. The van der Waals surface area contributed by atoms with Crippen LogP contribution in [-0.4, -0.2) is 33.5 Å². The molecule has 5 nitrogen and oxygen atoms in total. The molecule has 0 spiro atoms. The van der Waals surface area contributed by atoms with Crippen LogP contribution in [0, 0.1) is 0 Å². The third kappa shape index (κ3) is 5.92. The van der Waals surface area contributed by atoms with Crippen LogP contribution >= 0.6 is 23.1 Å². The number of aliphatic carboxylic acids is 1. The van der Waals surface area contributed by atoms with E-state index in [1.54, 1.807) is 6.92 Å². The second-order valence-corrected chi connectivity index (χ2v) is 5.86. The van der Waals surface area contributed by atoms with E-state index in [1.165, 1.54) is 0 Å². The molecular weight excluding hydrogens is 329 g/mol. The Balaban J connectivity index is 2.60. The number of thioether (sulfide) groups is 1. The van der Waals surface area contributed by atoms with E-state index in [-0.39, 0.29) is 16.5 Å². The maximum Gasteiger partial charge on any atom is 0.434 e. The summed E-state index contributed by atoms with van der Waals surface area (Å²) in [6.07, 6.45) is -4.12. The van der Waals surface area contributed by atoms with Crippen LogP contribution in [-0.2, 0) is 15.8 Å². The van der Waals surface area contributed by atoms with Crippen LogP contribution in [0.3, 0.4) is 0 Å². The van der Waals surface area contributed by atoms with E-state index in [2.05, 4.69) is 10.3 Å². The lowest BCUT2D eigenvalue weighted by Gasteiger charge is -2.14. The van der Waals surface area contributed by atoms with Gasteiger partial charge in [-0.15, -0.1) is 23.1 Å². The number of aromatic nitrogens is 1. The summed E-state index contributed by atoms with van der Waals surface area (Å²) < 4.78 is 37.4. The SMILES string of the molecule is CCC(NC(=O)CSCC(=O)O)c1nc(C(F)(F)F)cs1. The highest BCUT2D eigenvalue weighted by atomic mass is 32.2. The van der Waals surface area contributed by atoms with Crippen molar-refractivity contribution in [3.63, 3.8) is 0 Å². The van der Waals surface area contributed by atoms with E-state index in [9.17, 15) is 22.8 Å². The number of amides is 1. The molecule has 10 heteroatoms. The zero-order valence-corrected chi connectivity index (χ0v) is 12.6. The van der Waals surface area contributed by atoms with Crippen LogP contribution in [0.5, 0.6) is 0 Å². The van der Waals surface area contributed by atoms with Crippen molar-refractivity contribution < 1.29 is 27.9 Å². The molecule has 1 rings (SSSR count). The molecule has 0 aliphatic rings. The lowest BCUT2D eigenvalue weighted by molar-refractivity contribution is -0.140. The van der Waals surface area contributed by atoms with Crippen molar-refractivity contribution in [2.45, 2.75) is 25.6 Å². The zero-order valence-electron chi connectivity index (χ0n) is 10.9. The number of nitrogens with zero attached hydrogens (tertiary/aromatic N) is 1. The standard InChI is InChI=1S/C11H13F3N2O3S2/c1-2-6(15-8(17)4-20-5-9(18)19)10-16-7(3-21-10)11(12,13)14/h3,6H,2,4-5H2,1H3,(H,15,17)(H,18,19). The van der Waals surface area contributed by atoms with Gasteiger partial charge in [0.15, 0.2) is 5.69 Å². The highest BCUT2D eigenvalue weighted by Gasteiger charge is 2.34. The molecule has 0 radical (unpaired) electrons. The fourth-order valence-electron chi connectivity index (χ4n) is 1.38. The van der Waals surface area contributed by atoms with Crippen molar-refractivity contribution in [2.24, 2.45) is 0 Å². The first-order valence-corrected chi connectivity index (χ1v) is 7.89. The number of hydrogen-bond donors (Lipinski definition) is 2. The van der Waals surface area contributed by atoms with E-state index in [0.29, 0.717) is 6.42 Å². The van der Waals surface area contributed by atoms with E-state index in [0.717, 1.165) is 28.5 Å². The van der Waals surface area contributed by atoms with E-state index in [1.807, 2.05) is 0 Å². The van der Waals surface area contributed by atoms with Gasteiger partial charge in [-0.1, -0.05) is 6.92 Å². The molecule has 0 aliphatic heterocycles. The second-order valence-electron chi connectivity index (χ2n) is 3.98. The normalized spacial score (nSPS) is 13.0. The van der Waals surface area contributed by atoms with Gasteiger partial charge in [-0.25, -0.2) is 4.98 Å². The van der Waals surface area contributed by atoms with Crippen LogP contribution in [0.1, 0.15) is 30.1 Å². The molecule has 1 atom stereocenters. The number of nitrogens with one attached hydrogen (secondary N) is 1. The van der Waals surface area contributed by atoms with Gasteiger partial charge < -0.3 is 10.4 Å². The fourth-order valence-corrected chi connectivity index (χ4v) is 2.89. The molecule has 0 fully saturated rings. The topological polar surface area (TPSA) is 79.3 Å². The second kappa shape index (κ2) is 7.64. The average molecular weight is 342 g/mol. The number of thiazole rings is 1. The summed E-state index contributed by atoms with van der Waals surface area (Å²) in [6.45, 7) is 1.71. The van der Waals surface area contributed by atoms with Gasteiger partial charge in [-0.2, -0.15) is 13.2 Å². The summed E-state index contributed by atoms with van der Waals surface area (Å²) >= 11 is 1.75. The lowest BCUT2D eigenvalue weighted by Crippen LogP contribution is -2.30. The van der Waals surface area contributed by atoms with Crippen molar-refractivity contribution in [3.8, 4) is 0 Å². The third-order valence-electron chi connectivity index (χ3n) is 2.31. The number of hydrogen-bond acceptors (Lipinski definition) is 5. The molecule has 1 unspecified atom stereocenters. The Hall–Kier alpha value is -1.29. The molecule has 1 amide bonds. The predicted molar refractivity (Wildman–Crippen MR) is 73.3 cm³/mol. The number of carboxylic acid groups (broad SMARTS) is 1. The summed E-state index contributed by atoms with van der Waals surface area (Å²) in [5.41, 5.74) is -0.976. The number of carbonyl (C=O) groups is 2. The van der Waals surface area contributed by atoms with Crippen LogP contribution < -0.4 is 5.32 Å². The van der Waals surface area contributed by atoms with Crippen molar-refractivity contribution in [2.75, 3.05) is 11.5 Å². The molecule has 2 N–H and O–H groups in total. The van der Waals surface area contributed by atoms with Crippen molar-refractivity contribution in [3.05, 3.63) is 16.1 Å². The Morgan fingerprint density at radius 3 is 2.62 bits per heavy atom. The zero-order chi connectivity index (χ0) is 16.0. The summed E-state index contributed by atoms with van der Waals surface area (Å²) in [6, 6.07) is -0.607. The Bertz CT molecular complexity index is 505. The molecule has 21 heavy (non-hydrogen) atoms. The summed E-state index contributed by atoms with van der Waals surface area (Å²) in [7, 11) is 0. The first-order valence-electron chi connectivity index (χ1n) is 5.85. The number of halogens is 3. The molecule has 118 valence electrons. The van der Waals surface area contributed by atoms with Gasteiger partial charge in [0, 0.05) is 5.38 Å². The largest absolute Gasteiger partial charge is 0.481 e. The van der Waals surface area contributed by atoms with E-state index < -0.39 is 29.8 Å². The molecule has 1 aromatic rings. The Kier molecular flexibility index (Phi) is 6.46. The molecule has 1 heterocycles. The monoisotopic (exact) mass is 342 g/mol. The maximum absolute atomic E-state index is 12.5. The van der Waals surface area contributed by atoms with E-state index >= 15 is 0 Å². The van der Waals surface area contributed by atoms with Gasteiger partial charge >= 0.3 is 12.1 Å². The van der Waals surface area contributed by atoms with Crippen LogP contribution in [0.25, 0.3) is 0 Å². The Labute approximate surface area is 126 Å². The first kappa shape index (κ1) is 17.8. The summed E-state index contributed by atoms with van der Waals surface area (Å²) in [4.78, 5) is 25.4. The summed E-state index contributed by atoms with van der Waals surface area (Å²) in [5.74, 6) is -1.74. The van der Waals surface area contributed by atoms with Gasteiger partial charge in [0.2, 0.25) is 5.91 Å². The molecule has 0 aromatic carbocycles. The van der Waals surface area contributed by atoms with Crippen molar-refractivity contribution >= 4 is 35.0 Å². The van der Waals surface area contributed by atoms with E-state index in [4.69, 9.17) is 5.11 Å². The minimum atomic E-state index is -4.51. The molecule has 1 aromatic heterocycles. The Morgan fingerprint density at radius 2 is 2.14 bits per heavy atom. The minimum absolute atomic E-state index is 0.0691. The molecule has 0 saturated carbocycles. The quantitative estimate of drug-likeness (QED) is 0.796. The Morgan fingerprint density at radius 1 is 1.48 bits per heavy atom. The van der Waals surface area contributed by atoms with Gasteiger partial charge in [0.1, 0.15) is 5.01 Å². The van der Waals surface area contributed by atoms with Crippen LogP contribution in [0.2, 0.25) is 0 Å². The predicted octanol–water partition coefficient (Wildman–Crippen LogP) is 2.55. The van der Waals surface area contributed by atoms with Gasteiger partial charge in [0.05, 0.1) is 17.5 Å².